The van der Waals surface area contributed by atoms with Crippen LogP contribution in [0.25, 0.3) is 0 Å². The number of nitrogens with zero attached hydrogens (tertiary/aromatic N) is 1. The van der Waals surface area contributed by atoms with Crippen molar-refractivity contribution in [2.75, 3.05) is 33.8 Å². The van der Waals surface area contributed by atoms with Gasteiger partial charge in [-0.05, 0) is 76.3 Å². The summed E-state index contributed by atoms with van der Waals surface area (Å²) in [4.78, 5) is 39.9. The number of esters is 2. The second kappa shape index (κ2) is 51.6. The van der Waals surface area contributed by atoms with Crippen LogP contribution in [0.1, 0.15) is 264 Å². The van der Waals surface area contributed by atoms with Gasteiger partial charge in [0.25, 0.3) is 0 Å². The van der Waals surface area contributed by atoms with E-state index < -0.39 is 6.10 Å². The van der Waals surface area contributed by atoms with Crippen LogP contribution < -0.4 is 5.32 Å². The highest BCUT2D eigenvalue weighted by Gasteiger charge is 2.20. The fourth-order valence-corrected chi connectivity index (χ4v) is 7.54. The molecule has 0 aliphatic heterocycles. The molecule has 0 aromatic heterocycles. The Morgan fingerprint density at radius 2 is 0.769 bits per heavy atom. The number of ether oxygens (including phenoxy) is 2. The van der Waals surface area contributed by atoms with Crippen molar-refractivity contribution in [3.05, 3.63) is 0 Å². The van der Waals surface area contributed by atoms with Crippen LogP contribution in [0.5, 0.6) is 0 Å². The van der Waals surface area contributed by atoms with E-state index in [0.717, 1.165) is 103 Å². The van der Waals surface area contributed by atoms with Crippen LogP contribution in [0, 0.1) is 47.4 Å². The maximum Gasteiger partial charge on any atom is 0.306 e. The van der Waals surface area contributed by atoms with Gasteiger partial charge in [-0.2, -0.15) is 0 Å². The summed E-state index contributed by atoms with van der Waals surface area (Å²) >= 11 is 0. The average molecular weight is 903 g/mol. The molecule has 1 unspecified atom stereocenters. The minimum Gasteiger partial charge on any atom is -0.462 e. The number of likely N-dealkylation sites (N-methyl/N-ethyl adjacent to an activating group) is 1. The molecule has 0 rings (SSSR count). The number of unbranched alkanes of at least 4 members (excludes halogenated alkanes) is 32. The van der Waals surface area contributed by atoms with Gasteiger partial charge in [-0.1, -0.05) is 204 Å². The van der Waals surface area contributed by atoms with Gasteiger partial charge in [0.2, 0.25) is 5.91 Å². The predicted octanol–water partition coefficient (Wildman–Crippen LogP) is 14.4. The number of carbonyl (C=O) groups excluding carboxylic acids is 3. The van der Waals surface area contributed by atoms with E-state index in [-0.39, 0.29) is 37.3 Å². The van der Waals surface area contributed by atoms with Crippen LogP contribution in [0.2, 0.25) is 0 Å². The van der Waals surface area contributed by atoms with Crippen molar-refractivity contribution < 1.29 is 23.9 Å². The molecular formula is C58H98N2O5. The normalized spacial score (nSPS) is 11.0. The molecule has 0 aliphatic carbocycles. The molecule has 0 bridgehead atoms. The van der Waals surface area contributed by atoms with Crippen molar-refractivity contribution in [1.29, 1.82) is 0 Å². The van der Waals surface area contributed by atoms with Crippen molar-refractivity contribution >= 4 is 17.8 Å². The van der Waals surface area contributed by atoms with E-state index in [2.05, 4.69) is 66.5 Å². The topological polar surface area (TPSA) is 84.9 Å². The Kier molecular flexibility index (Phi) is 48.9. The highest BCUT2D eigenvalue weighted by Crippen LogP contribution is 2.14. The first-order valence-electron chi connectivity index (χ1n) is 27.1. The molecular weight excluding hydrogens is 805 g/mol. The van der Waals surface area contributed by atoms with E-state index in [1.165, 1.54) is 128 Å². The van der Waals surface area contributed by atoms with Crippen LogP contribution in [0.15, 0.2) is 0 Å². The molecule has 0 fully saturated rings. The summed E-state index contributed by atoms with van der Waals surface area (Å²) in [6, 6.07) is 0. The van der Waals surface area contributed by atoms with Gasteiger partial charge in [0.05, 0.1) is 6.42 Å². The summed E-state index contributed by atoms with van der Waals surface area (Å²) in [5.41, 5.74) is 0. The molecule has 7 heteroatoms. The van der Waals surface area contributed by atoms with Crippen molar-refractivity contribution in [1.82, 2.24) is 10.2 Å². The maximum absolute atomic E-state index is 12.7. The van der Waals surface area contributed by atoms with Gasteiger partial charge >= 0.3 is 11.9 Å². The third-order valence-electron chi connectivity index (χ3n) is 11.7. The maximum atomic E-state index is 12.7. The van der Waals surface area contributed by atoms with E-state index >= 15 is 0 Å². The lowest BCUT2D eigenvalue weighted by Crippen LogP contribution is -2.36. The number of nitrogens with one attached hydrogen (secondary N) is 1. The zero-order valence-electron chi connectivity index (χ0n) is 42.8. The van der Waals surface area contributed by atoms with Gasteiger partial charge in [-0.15, -0.1) is 0 Å². The van der Waals surface area contributed by atoms with Gasteiger partial charge in [-0.25, -0.2) is 0 Å². The van der Waals surface area contributed by atoms with E-state index in [9.17, 15) is 14.4 Å². The number of hydrogen-bond acceptors (Lipinski definition) is 6. The average Bonchev–Trinajstić information content (AvgIpc) is 3.28. The van der Waals surface area contributed by atoms with Gasteiger partial charge < -0.3 is 19.7 Å². The fraction of sp³-hybridized carbons (Fsp3) is 0.810. The van der Waals surface area contributed by atoms with Crippen molar-refractivity contribution in [3.63, 3.8) is 0 Å². The van der Waals surface area contributed by atoms with Crippen LogP contribution in [-0.2, 0) is 23.9 Å². The minimum atomic E-state index is -0.796. The van der Waals surface area contributed by atoms with E-state index in [4.69, 9.17) is 9.47 Å². The van der Waals surface area contributed by atoms with Crippen molar-refractivity contribution in [2.45, 2.75) is 270 Å². The first-order chi connectivity index (χ1) is 31.9. The second-order valence-electron chi connectivity index (χ2n) is 18.5. The lowest BCUT2D eigenvalue weighted by Gasteiger charge is -2.18. The Balaban J connectivity index is 4.11. The van der Waals surface area contributed by atoms with E-state index in [1.54, 1.807) is 0 Å². The summed E-state index contributed by atoms with van der Waals surface area (Å²) < 4.78 is 11.2. The minimum absolute atomic E-state index is 0.0311. The Labute approximate surface area is 402 Å². The van der Waals surface area contributed by atoms with Gasteiger partial charge in [0.15, 0.2) is 0 Å². The smallest absolute Gasteiger partial charge is 0.306 e. The van der Waals surface area contributed by atoms with Crippen LogP contribution in [0.4, 0.5) is 0 Å². The quantitative estimate of drug-likeness (QED) is 0.0372. The van der Waals surface area contributed by atoms with Crippen LogP contribution >= 0.6 is 0 Å². The molecule has 0 heterocycles. The van der Waals surface area contributed by atoms with Crippen LogP contribution in [0.3, 0.4) is 0 Å². The molecule has 1 N–H and O–H groups in total. The first kappa shape index (κ1) is 61.6. The molecule has 0 saturated heterocycles. The molecule has 65 heavy (non-hydrogen) atoms. The van der Waals surface area contributed by atoms with Crippen LogP contribution in [-0.4, -0.2) is 62.6 Å². The highest BCUT2D eigenvalue weighted by atomic mass is 16.6. The lowest BCUT2D eigenvalue weighted by atomic mass is 10.1. The van der Waals surface area contributed by atoms with Gasteiger partial charge in [0, 0.05) is 51.6 Å². The second-order valence-corrected chi connectivity index (χ2v) is 18.5. The highest BCUT2D eigenvalue weighted by molar-refractivity contribution is 5.77. The molecule has 1 atom stereocenters. The van der Waals surface area contributed by atoms with E-state index in [0.29, 0.717) is 19.5 Å². The zero-order chi connectivity index (χ0) is 47.4. The molecule has 0 radical (unpaired) electrons. The summed E-state index contributed by atoms with van der Waals surface area (Å²) in [7, 11) is 3.88. The van der Waals surface area contributed by atoms with Gasteiger partial charge in [0.1, 0.15) is 12.7 Å². The Bertz CT molecular complexity index is 1380. The Hall–Kier alpha value is -3.39. The number of rotatable bonds is 44. The summed E-state index contributed by atoms with van der Waals surface area (Å²) in [6.45, 7) is 5.63. The Morgan fingerprint density at radius 1 is 0.446 bits per heavy atom. The standard InChI is InChI=1S/C58H98N2O5/c1-5-7-9-11-13-15-17-19-21-23-25-27-29-31-33-35-37-39-41-43-45-47-49-57(62)64-54-55(53-56(61)59-51-52-60(3)4)65-58(63)50-48-46-44-42-40-38-36-34-32-30-28-26-24-22-20-18-16-14-12-10-8-6-2/h55H,5-26,35-54H2,1-4H3,(H,59,61). The third kappa shape index (κ3) is 51.5. The monoisotopic (exact) mass is 903 g/mol. The molecule has 0 aromatic rings. The largest absolute Gasteiger partial charge is 0.462 e. The third-order valence-corrected chi connectivity index (χ3v) is 11.7. The van der Waals surface area contributed by atoms with Crippen molar-refractivity contribution in [2.24, 2.45) is 0 Å². The molecule has 0 saturated carbocycles. The lowest BCUT2D eigenvalue weighted by molar-refractivity contribution is -0.160. The number of amides is 1. The zero-order valence-corrected chi connectivity index (χ0v) is 42.8. The number of hydrogen-bond donors (Lipinski definition) is 1. The molecule has 0 aliphatic rings. The summed E-state index contributed by atoms with van der Waals surface area (Å²) in [5.74, 6) is 24.0. The Morgan fingerprint density at radius 3 is 1.12 bits per heavy atom. The molecule has 1 amide bonds. The fourth-order valence-electron chi connectivity index (χ4n) is 7.54. The molecule has 0 spiro atoms. The molecule has 7 nitrogen and oxygen atoms in total. The summed E-state index contributed by atoms with van der Waals surface area (Å²) in [6.07, 6.45) is 42.4. The summed E-state index contributed by atoms with van der Waals surface area (Å²) in [5, 5.41) is 2.87. The SMILES string of the molecule is CCCCCCCCCCCCC#CC#CCCCCCCCCC(=O)OCC(CC(=O)NCCN(C)C)OC(=O)CCCCCCCCC#CC#CCCCCCCCCCCCC. The van der Waals surface area contributed by atoms with Gasteiger partial charge in [-0.3, -0.25) is 14.4 Å². The number of carbonyl (C=O) groups is 3. The molecule has 0 aromatic carbocycles. The van der Waals surface area contributed by atoms with Crippen molar-refractivity contribution in [3.8, 4) is 47.4 Å². The van der Waals surface area contributed by atoms with E-state index in [1.807, 2.05) is 19.0 Å². The first-order valence-corrected chi connectivity index (χ1v) is 27.1. The predicted molar refractivity (Wildman–Crippen MR) is 275 cm³/mol. The molecule has 370 valence electrons.